The molecule has 0 saturated carbocycles. The lowest BCUT2D eigenvalue weighted by Crippen LogP contribution is -2.44. The number of hydrogen-bond donors (Lipinski definition) is 2. The average molecular weight is 348 g/mol. The molecule has 0 aliphatic heterocycles. The van der Waals surface area contributed by atoms with Crippen molar-refractivity contribution in [2.45, 2.75) is 32.2 Å². The summed E-state index contributed by atoms with van der Waals surface area (Å²) in [5, 5.41) is 5.15. The molecule has 1 aromatic carbocycles. The van der Waals surface area contributed by atoms with Gasteiger partial charge in [0.05, 0.1) is 12.6 Å². The minimum absolute atomic E-state index is 0.194. The van der Waals surface area contributed by atoms with Crippen molar-refractivity contribution in [3.8, 4) is 0 Å². The molecule has 0 bridgehead atoms. The van der Waals surface area contributed by atoms with Gasteiger partial charge in [0.15, 0.2) is 5.82 Å². The van der Waals surface area contributed by atoms with Gasteiger partial charge in [-0.15, -0.1) is 0 Å². The van der Waals surface area contributed by atoms with Gasteiger partial charge in [-0.25, -0.2) is 13.8 Å². The highest BCUT2D eigenvalue weighted by molar-refractivity contribution is 5.96. The quantitative estimate of drug-likeness (QED) is 0.804. The van der Waals surface area contributed by atoms with Gasteiger partial charge in [-0.1, -0.05) is 13.3 Å². The molecule has 8 heteroatoms. The van der Waals surface area contributed by atoms with Crippen molar-refractivity contribution in [1.82, 2.24) is 15.3 Å². The molecule has 0 aliphatic carbocycles. The van der Waals surface area contributed by atoms with E-state index in [0.29, 0.717) is 12.8 Å². The zero-order valence-electron chi connectivity index (χ0n) is 13.6. The molecule has 2 amide bonds. The predicted molar refractivity (Wildman–Crippen MR) is 87.6 cm³/mol. The number of carbonyl (C=O) groups excluding carboxylic acids is 2. The first kappa shape index (κ1) is 18.4. The van der Waals surface area contributed by atoms with E-state index in [2.05, 4.69) is 20.6 Å². The van der Waals surface area contributed by atoms with Crippen LogP contribution in [0.5, 0.6) is 0 Å². The van der Waals surface area contributed by atoms with Crippen LogP contribution in [0.1, 0.15) is 25.3 Å². The molecule has 2 aromatic rings. The molecular weight excluding hydrogens is 330 g/mol. The van der Waals surface area contributed by atoms with E-state index in [0.717, 1.165) is 18.2 Å². The van der Waals surface area contributed by atoms with Gasteiger partial charge in [-0.05, 0) is 24.1 Å². The summed E-state index contributed by atoms with van der Waals surface area (Å²) in [4.78, 5) is 32.2. The number of nitrogens with zero attached hydrogens (tertiary/aromatic N) is 2. The van der Waals surface area contributed by atoms with E-state index in [1.54, 1.807) is 0 Å². The maximum Gasteiger partial charge on any atom is 0.248 e. The number of amides is 2. The molecular formula is C17H18F2N4O2. The first-order chi connectivity index (χ1) is 12.0. The fourth-order valence-corrected chi connectivity index (χ4v) is 2.28. The molecule has 1 atom stereocenters. The third kappa shape index (κ3) is 5.91. The standard InChI is InChI=1S/C17H18F2N4O2/c1-2-3-14(17(25)23-15-10-20-4-5-21-15)22-16(24)8-11-6-12(18)9-13(19)7-11/h4-7,9-10,14H,2-3,8H2,1H3,(H,22,24)(H,21,23,25). The Balaban J connectivity index is 1.99. The Morgan fingerprint density at radius 1 is 1.16 bits per heavy atom. The summed E-state index contributed by atoms with van der Waals surface area (Å²) >= 11 is 0. The Labute approximate surface area is 143 Å². The minimum atomic E-state index is -0.780. The Kier molecular flexibility index (Phi) is 6.50. The summed E-state index contributed by atoms with van der Waals surface area (Å²) in [7, 11) is 0. The van der Waals surface area contributed by atoms with Crippen LogP contribution in [0.15, 0.2) is 36.8 Å². The number of benzene rings is 1. The second-order valence-electron chi connectivity index (χ2n) is 5.44. The monoisotopic (exact) mass is 348 g/mol. The van der Waals surface area contributed by atoms with Gasteiger partial charge in [-0.2, -0.15) is 0 Å². The Bertz CT molecular complexity index is 720. The Hall–Kier alpha value is -2.90. The van der Waals surface area contributed by atoms with Gasteiger partial charge in [0.2, 0.25) is 11.8 Å². The van der Waals surface area contributed by atoms with Crippen LogP contribution in [0.2, 0.25) is 0 Å². The summed E-state index contributed by atoms with van der Waals surface area (Å²) in [6.07, 6.45) is 5.13. The average Bonchev–Trinajstić information content (AvgIpc) is 2.54. The fourth-order valence-electron chi connectivity index (χ4n) is 2.28. The summed E-state index contributed by atoms with van der Waals surface area (Å²) < 4.78 is 26.4. The number of aromatic nitrogens is 2. The van der Waals surface area contributed by atoms with Crippen molar-refractivity contribution < 1.29 is 18.4 Å². The lowest BCUT2D eigenvalue weighted by molar-refractivity contribution is -0.126. The second kappa shape index (κ2) is 8.81. The fraction of sp³-hybridized carbons (Fsp3) is 0.294. The zero-order chi connectivity index (χ0) is 18.2. The lowest BCUT2D eigenvalue weighted by Gasteiger charge is -2.17. The van der Waals surface area contributed by atoms with Crippen LogP contribution in [-0.2, 0) is 16.0 Å². The maximum atomic E-state index is 13.2. The molecule has 1 aromatic heterocycles. The van der Waals surface area contributed by atoms with E-state index < -0.39 is 29.5 Å². The predicted octanol–water partition coefficient (Wildman–Crippen LogP) is 2.22. The number of halogens is 2. The largest absolute Gasteiger partial charge is 0.344 e. The van der Waals surface area contributed by atoms with Crippen LogP contribution >= 0.6 is 0 Å². The van der Waals surface area contributed by atoms with Crippen LogP contribution in [0.3, 0.4) is 0 Å². The van der Waals surface area contributed by atoms with E-state index >= 15 is 0 Å². The van der Waals surface area contributed by atoms with E-state index in [1.807, 2.05) is 6.92 Å². The van der Waals surface area contributed by atoms with Crippen molar-refractivity contribution in [2.75, 3.05) is 5.32 Å². The topological polar surface area (TPSA) is 84.0 Å². The second-order valence-corrected chi connectivity index (χ2v) is 5.44. The molecule has 132 valence electrons. The molecule has 1 unspecified atom stereocenters. The van der Waals surface area contributed by atoms with Crippen molar-refractivity contribution in [3.05, 3.63) is 54.0 Å². The molecule has 0 saturated heterocycles. The highest BCUT2D eigenvalue weighted by Crippen LogP contribution is 2.09. The van der Waals surface area contributed by atoms with E-state index in [9.17, 15) is 18.4 Å². The van der Waals surface area contributed by atoms with E-state index in [1.165, 1.54) is 18.6 Å². The summed E-state index contributed by atoms with van der Waals surface area (Å²) in [6.45, 7) is 1.87. The first-order valence-corrected chi connectivity index (χ1v) is 7.79. The van der Waals surface area contributed by atoms with Crippen molar-refractivity contribution in [1.29, 1.82) is 0 Å². The van der Waals surface area contributed by atoms with Gasteiger partial charge >= 0.3 is 0 Å². The van der Waals surface area contributed by atoms with E-state index in [4.69, 9.17) is 0 Å². The molecule has 1 heterocycles. The third-order valence-corrected chi connectivity index (χ3v) is 3.33. The van der Waals surface area contributed by atoms with Crippen molar-refractivity contribution in [3.63, 3.8) is 0 Å². The molecule has 2 N–H and O–H groups in total. The lowest BCUT2D eigenvalue weighted by atomic mass is 10.1. The van der Waals surface area contributed by atoms with Crippen LogP contribution in [0.25, 0.3) is 0 Å². The van der Waals surface area contributed by atoms with Gasteiger partial charge in [0.25, 0.3) is 0 Å². The van der Waals surface area contributed by atoms with Crippen molar-refractivity contribution in [2.24, 2.45) is 0 Å². The highest BCUT2D eigenvalue weighted by Gasteiger charge is 2.20. The smallest absolute Gasteiger partial charge is 0.248 e. The minimum Gasteiger partial charge on any atom is -0.344 e. The summed E-state index contributed by atoms with van der Waals surface area (Å²) in [5.74, 6) is -2.17. The molecule has 0 fully saturated rings. The molecule has 25 heavy (non-hydrogen) atoms. The Morgan fingerprint density at radius 3 is 2.48 bits per heavy atom. The van der Waals surface area contributed by atoms with Gasteiger partial charge < -0.3 is 10.6 Å². The zero-order valence-corrected chi connectivity index (χ0v) is 13.6. The van der Waals surface area contributed by atoms with Crippen LogP contribution in [-0.4, -0.2) is 27.8 Å². The van der Waals surface area contributed by atoms with Gasteiger partial charge in [-0.3, -0.25) is 14.6 Å². The van der Waals surface area contributed by atoms with Crippen LogP contribution in [0, 0.1) is 11.6 Å². The van der Waals surface area contributed by atoms with E-state index in [-0.39, 0.29) is 17.8 Å². The molecule has 0 radical (unpaired) electrons. The van der Waals surface area contributed by atoms with Crippen molar-refractivity contribution >= 4 is 17.6 Å². The van der Waals surface area contributed by atoms with Crippen LogP contribution in [0.4, 0.5) is 14.6 Å². The number of rotatable bonds is 7. The SMILES string of the molecule is CCCC(NC(=O)Cc1cc(F)cc(F)c1)C(=O)Nc1cnccn1. The number of carbonyl (C=O) groups is 2. The molecule has 0 spiro atoms. The van der Waals surface area contributed by atoms with Gasteiger partial charge in [0.1, 0.15) is 17.7 Å². The Morgan fingerprint density at radius 2 is 1.88 bits per heavy atom. The summed E-state index contributed by atoms with van der Waals surface area (Å²) in [5.41, 5.74) is 0.194. The molecule has 6 nitrogen and oxygen atoms in total. The molecule has 2 rings (SSSR count). The normalized spacial score (nSPS) is 11.6. The number of hydrogen-bond acceptors (Lipinski definition) is 4. The number of nitrogens with one attached hydrogen (secondary N) is 2. The van der Waals surface area contributed by atoms with Gasteiger partial charge in [0, 0.05) is 18.5 Å². The summed E-state index contributed by atoms with van der Waals surface area (Å²) in [6, 6.07) is 2.11. The molecule has 0 aliphatic rings. The van der Waals surface area contributed by atoms with Crippen LogP contribution < -0.4 is 10.6 Å². The highest BCUT2D eigenvalue weighted by atomic mass is 19.1. The first-order valence-electron chi connectivity index (χ1n) is 7.79. The third-order valence-electron chi connectivity index (χ3n) is 3.33. The maximum absolute atomic E-state index is 13.2. The number of anilines is 1.